The van der Waals surface area contributed by atoms with Crippen molar-refractivity contribution in [2.24, 2.45) is 0 Å². The van der Waals surface area contributed by atoms with Crippen molar-refractivity contribution in [2.45, 2.75) is 13.3 Å². The molecule has 3 amide bonds. The van der Waals surface area contributed by atoms with Crippen LogP contribution in [0, 0.1) is 0 Å². The van der Waals surface area contributed by atoms with E-state index in [0.717, 1.165) is 4.90 Å². The molecule has 6 nitrogen and oxygen atoms in total. The van der Waals surface area contributed by atoms with Crippen molar-refractivity contribution in [2.75, 3.05) is 16.8 Å². The molecule has 1 aliphatic rings. The molecule has 0 saturated carbocycles. The van der Waals surface area contributed by atoms with Crippen LogP contribution in [0.3, 0.4) is 0 Å². The van der Waals surface area contributed by atoms with Gasteiger partial charge in [-0.25, -0.2) is 9.69 Å². The Morgan fingerprint density at radius 2 is 2.00 bits per heavy atom. The number of hydrogen-bond acceptors (Lipinski definition) is 4. The van der Waals surface area contributed by atoms with Crippen LogP contribution in [0.1, 0.15) is 13.3 Å². The zero-order chi connectivity index (χ0) is 13.1. The number of ether oxygens (including phenoxy) is 1. The summed E-state index contributed by atoms with van der Waals surface area (Å²) in [4.78, 5) is 34.9. The Morgan fingerprint density at radius 3 is 2.50 bits per heavy atom. The number of benzene rings is 1. The van der Waals surface area contributed by atoms with Crippen molar-refractivity contribution in [3.63, 3.8) is 0 Å². The average molecular weight is 248 g/mol. The Bertz CT molecular complexity index is 479. The van der Waals surface area contributed by atoms with Gasteiger partial charge in [0, 0.05) is 12.1 Å². The lowest BCUT2D eigenvalue weighted by atomic mass is 10.2. The van der Waals surface area contributed by atoms with Gasteiger partial charge in [-0.2, -0.15) is 0 Å². The molecule has 0 aromatic heterocycles. The summed E-state index contributed by atoms with van der Waals surface area (Å²) in [5, 5.41) is 2.67. The predicted octanol–water partition coefficient (Wildman–Crippen LogP) is 1.52. The third kappa shape index (κ3) is 2.32. The van der Waals surface area contributed by atoms with Gasteiger partial charge in [-0.3, -0.25) is 9.59 Å². The minimum Gasteiger partial charge on any atom is -0.439 e. The number of carbonyl (C=O) groups excluding carboxylic acids is 3. The van der Waals surface area contributed by atoms with Crippen LogP contribution >= 0.6 is 0 Å². The van der Waals surface area contributed by atoms with Crippen molar-refractivity contribution in [3.05, 3.63) is 24.3 Å². The van der Waals surface area contributed by atoms with Crippen LogP contribution in [0.5, 0.6) is 0 Å². The molecule has 1 heterocycles. The number of carbonyl (C=O) groups is 3. The molecule has 0 unspecified atom stereocenters. The molecule has 0 aliphatic carbocycles. The van der Waals surface area contributed by atoms with Crippen molar-refractivity contribution in [1.82, 2.24) is 0 Å². The molecule has 1 N–H and O–H groups in total. The van der Waals surface area contributed by atoms with E-state index in [-0.39, 0.29) is 12.5 Å². The Hall–Kier alpha value is -2.37. The Morgan fingerprint density at radius 1 is 1.33 bits per heavy atom. The van der Waals surface area contributed by atoms with E-state index in [2.05, 4.69) is 10.1 Å². The molecule has 0 bridgehead atoms. The van der Waals surface area contributed by atoms with Crippen LogP contribution in [0.4, 0.5) is 16.2 Å². The van der Waals surface area contributed by atoms with Gasteiger partial charge in [0.05, 0.1) is 5.69 Å². The largest absolute Gasteiger partial charge is 0.439 e. The lowest BCUT2D eigenvalue weighted by Crippen LogP contribution is -2.28. The van der Waals surface area contributed by atoms with E-state index >= 15 is 0 Å². The summed E-state index contributed by atoms with van der Waals surface area (Å²) in [6.45, 7) is 1.52. The van der Waals surface area contributed by atoms with Gasteiger partial charge in [0.25, 0.3) is 5.91 Å². The van der Waals surface area contributed by atoms with E-state index in [4.69, 9.17) is 0 Å². The summed E-state index contributed by atoms with van der Waals surface area (Å²) in [5.74, 6) is -0.496. The van der Waals surface area contributed by atoms with Gasteiger partial charge in [0.2, 0.25) is 5.91 Å². The molecule has 0 radical (unpaired) electrons. The van der Waals surface area contributed by atoms with E-state index in [1.165, 1.54) is 0 Å². The molecule has 0 atom stereocenters. The van der Waals surface area contributed by atoms with Crippen LogP contribution in [0.25, 0.3) is 0 Å². The first-order valence-corrected chi connectivity index (χ1v) is 5.51. The maximum absolute atomic E-state index is 11.4. The van der Waals surface area contributed by atoms with E-state index in [0.29, 0.717) is 17.8 Å². The van der Waals surface area contributed by atoms with Gasteiger partial charge in [-0.15, -0.1) is 0 Å². The summed E-state index contributed by atoms with van der Waals surface area (Å²) in [5.41, 5.74) is 1.04. The fourth-order valence-corrected chi connectivity index (χ4v) is 1.55. The first-order chi connectivity index (χ1) is 8.61. The van der Waals surface area contributed by atoms with Gasteiger partial charge in [0.1, 0.15) is 0 Å². The number of cyclic esters (lactones) is 1. The zero-order valence-corrected chi connectivity index (χ0v) is 9.80. The second-order valence-electron chi connectivity index (χ2n) is 3.73. The molecule has 6 heteroatoms. The van der Waals surface area contributed by atoms with Crippen molar-refractivity contribution >= 4 is 29.3 Å². The number of anilines is 2. The average Bonchev–Trinajstić information content (AvgIpc) is 2.70. The highest BCUT2D eigenvalue weighted by molar-refractivity contribution is 6.16. The van der Waals surface area contributed by atoms with Gasteiger partial charge in [0.15, 0.2) is 6.61 Å². The van der Waals surface area contributed by atoms with Crippen LogP contribution < -0.4 is 10.2 Å². The molecular formula is C12H12N2O4. The predicted molar refractivity (Wildman–Crippen MR) is 64.2 cm³/mol. The van der Waals surface area contributed by atoms with Gasteiger partial charge >= 0.3 is 6.09 Å². The molecule has 94 valence electrons. The maximum atomic E-state index is 11.4. The summed E-state index contributed by atoms with van der Waals surface area (Å²) in [7, 11) is 0. The maximum Gasteiger partial charge on any atom is 0.421 e. The van der Waals surface area contributed by atoms with E-state index < -0.39 is 12.0 Å². The standard InChI is InChI=1S/C12H12N2O4/c1-2-10(15)13-8-3-5-9(6-4-8)14-11(16)7-18-12(14)17/h3-6H,2,7H2,1H3,(H,13,15). The fourth-order valence-electron chi connectivity index (χ4n) is 1.55. The zero-order valence-electron chi connectivity index (χ0n) is 9.80. The topological polar surface area (TPSA) is 75.7 Å². The fraction of sp³-hybridized carbons (Fsp3) is 0.250. The normalized spacial score (nSPS) is 14.6. The van der Waals surface area contributed by atoms with E-state index in [9.17, 15) is 14.4 Å². The van der Waals surface area contributed by atoms with Crippen LogP contribution in [0.15, 0.2) is 24.3 Å². The summed E-state index contributed by atoms with van der Waals surface area (Å²) >= 11 is 0. The Kier molecular flexibility index (Phi) is 3.27. The minimum atomic E-state index is -0.676. The molecule has 1 fully saturated rings. The Labute approximate surface area is 104 Å². The SMILES string of the molecule is CCC(=O)Nc1ccc(N2C(=O)COC2=O)cc1. The van der Waals surface area contributed by atoms with Crippen LogP contribution in [0.2, 0.25) is 0 Å². The molecule has 18 heavy (non-hydrogen) atoms. The highest BCUT2D eigenvalue weighted by Gasteiger charge is 2.32. The number of nitrogens with zero attached hydrogens (tertiary/aromatic N) is 1. The highest BCUT2D eigenvalue weighted by atomic mass is 16.6. The second-order valence-corrected chi connectivity index (χ2v) is 3.73. The quantitative estimate of drug-likeness (QED) is 0.879. The van der Waals surface area contributed by atoms with E-state index in [1.54, 1.807) is 31.2 Å². The second kappa shape index (κ2) is 4.87. The van der Waals surface area contributed by atoms with Gasteiger partial charge < -0.3 is 10.1 Å². The number of amides is 3. The van der Waals surface area contributed by atoms with Crippen molar-refractivity contribution in [3.8, 4) is 0 Å². The molecule has 2 rings (SSSR count). The summed E-state index contributed by atoms with van der Waals surface area (Å²) < 4.78 is 4.61. The molecular weight excluding hydrogens is 236 g/mol. The highest BCUT2D eigenvalue weighted by Crippen LogP contribution is 2.21. The lowest BCUT2D eigenvalue weighted by molar-refractivity contribution is -0.118. The first-order valence-electron chi connectivity index (χ1n) is 5.51. The van der Waals surface area contributed by atoms with Gasteiger partial charge in [-0.1, -0.05) is 6.92 Å². The van der Waals surface area contributed by atoms with Crippen molar-refractivity contribution < 1.29 is 19.1 Å². The number of hydrogen-bond donors (Lipinski definition) is 1. The smallest absolute Gasteiger partial charge is 0.421 e. The summed E-state index contributed by atoms with van der Waals surface area (Å²) in [6, 6.07) is 6.41. The number of nitrogens with one attached hydrogen (secondary N) is 1. The lowest BCUT2D eigenvalue weighted by Gasteiger charge is -2.11. The molecule has 1 aromatic rings. The number of rotatable bonds is 3. The van der Waals surface area contributed by atoms with Crippen molar-refractivity contribution in [1.29, 1.82) is 0 Å². The third-order valence-corrected chi connectivity index (χ3v) is 2.48. The van der Waals surface area contributed by atoms with E-state index in [1.807, 2.05) is 0 Å². The molecule has 0 spiro atoms. The first kappa shape index (κ1) is 12.1. The Balaban J connectivity index is 2.15. The minimum absolute atomic E-state index is 0.0978. The van der Waals surface area contributed by atoms with Crippen LogP contribution in [-0.4, -0.2) is 24.5 Å². The third-order valence-electron chi connectivity index (χ3n) is 2.48. The molecule has 1 saturated heterocycles. The molecule has 1 aliphatic heterocycles. The monoisotopic (exact) mass is 248 g/mol. The number of imide groups is 1. The van der Waals surface area contributed by atoms with Crippen LogP contribution in [-0.2, 0) is 14.3 Å². The van der Waals surface area contributed by atoms with Gasteiger partial charge in [-0.05, 0) is 24.3 Å². The summed E-state index contributed by atoms with van der Waals surface area (Å²) in [6.07, 6.45) is -0.288. The molecule has 1 aromatic carbocycles.